The summed E-state index contributed by atoms with van der Waals surface area (Å²) in [6, 6.07) is 7.36. The van der Waals surface area contributed by atoms with E-state index in [9.17, 15) is 9.59 Å². The Morgan fingerprint density at radius 1 is 1.29 bits per heavy atom. The average Bonchev–Trinajstić information content (AvgIpc) is 3.44. The molecule has 3 heterocycles. The Morgan fingerprint density at radius 2 is 2.13 bits per heavy atom. The lowest BCUT2D eigenvalue weighted by Crippen LogP contribution is -2.22. The second kappa shape index (κ2) is 8.01. The number of fused-ring (bicyclic) bond motifs is 2. The van der Waals surface area contributed by atoms with Gasteiger partial charge in [-0.15, -0.1) is 21.5 Å². The van der Waals surface area contributed by atoms with Crippen LogP contribution in [0.2, 0.25) is 0 Å². The lowest BCUT2D eigenvalue weighted by atomic mass is 9.90. The predicted molar refractivity (Wildman–Crippen MR) is 122 cm³/mol. The maximum absolute atomic E-state index is 12.6. The molecule has 31 heavy (non-hydrogen) atoms. The Labute approximate surface area is 185 Å². The summed E-state index contributed by atoms with van der Waals surface area (Å²) in [5.74, 6) is 1.02. The number of benzene rings is 1. The maximum Gasteiger partial charge on any atom is 0.323 e. The predicted octanol–water partition coefficient (Wildman–Crippen LogP) is 4.21. The molecule has 1 amide bonds. The molecule has 160 valence electrons. The first-order valence-electron chi connectivity index (χ1n) is 10.1. The molecule has 0 aliphatic heterocycles. The molecule has 1 aliphatic rings. The molecule has 5 rings (SSSR count). The summed E-state index contributed by atoms with van der Waals surface area (Å²) < 4.78 is 5.83. The van der Waals surface area contributed by atoms with Gasteiger partial charge in [-0.2, -0.15) is 0 Å². The van der Waals surface area contributed by atoms with Crippen LogP contribution in [0.1, 0.15) is 30.7 Å². The lowest BCUT2D eigenvalue weighted by Gasteiger charge is -2.16. The molecule has 2 atom stereocenters. The van der Waals surface area contributed by atoms with Gasteiger partial charge in [0, 0.05) is 10.6 Å². The van der Waals surface area contributed by atoms with Crippen molar-refractivity contribution in [2.45, 2.75) is 43.6 Å². The van der Waals surface area contributed by atoms with E-state index in [4.69, 9.17) is 4.42 Å². The molecule has 1 aliphatic carbocycles. The van der Waals surface area contributed by atoms with Gasteiger partial charge in [0.1, 0.15) is 0 Å². The maximum atomic E-state index is 12.6. The number of anilines is 1. The van der Waals surface area contributed by atoms with Crippen LogP contribution in [0, 0.1) is 5.92 Å². The Hall–Kier alpha value is -2.85. The number of thiophene rings is 1. The molecule has 0 saturated carbocycles. The number of nitrogens with one attached hydrogen (secondary N) is 3. The number of carbonyl (C=O) groups excluding carboxylic acids is 1. The zero-order valence-electron chi connectivity index (χ0n) is 17.0. The highest BCUT2D eigenvalue weighted by atomic mass is 32.2. The summed E-state index contributed by atoms with van der Waals surface area (Å²) >= 11 is 2.94. The van der Waals surface area contributed by atoms with Crippen LogP contribution in [-0.2, 0) is 17.6 Å². The second-order valence-electron chi connectivity index (χ2n) is 7.87. The fourth-order valence-corrected chi connectivity index (χ4v) is 5.54. The van der Waals surface area contributed by atoms with E-state index in [1.165, 1.54) is 28.6 Å². The fraction of sp³-hybridized carbons (Fsp3) is 0.333. The largest absolute Gasteiger partial charge is 0.410 e. The number of H-pyrrole nitrogens is 2. The van der Waals surface area contributed by atoms with Crippen molar-refractivity contribution in [1.82, 2.24) is 20.2 Å². The number of imidazole rings is 1. The van der Waals surface area contributed by atoms with E-state index >= 15 is 0 Å². The molecule has 8 nitrogen and oxygen atoms in total. The minimum atomic E-state index is -0.438. The van der Waals surface area contributed by atoms with Crippen molar-refractivity contribution in [3.05, 3.63) is 45.2 Å². The van der Waals surface area contributed by atoms with Gasteiger partial charge in [-0.05, 0) is 61.9 Å². The average molecular weight is 456 g/mol. The number of hydrogen-bond acceptors (Lipinski definition) is 7. The lowest BCUT2D eigenvalue weighted by molar-refractivity contribution is -0.115. The third kappa shape index (κ3) is 4.17. The molecule has 0 saturated heterocycles. The molecular weight excluding hydrogens is 434 g/mol. The van der Waals surface area contributed by atoms with Crippen molar-refractivity contribution in [3.8, 4) is 10.8 Å². The second-order valence-corrected chi connectivity index (χ2v) is 10.3. The van der Waals surface area contributed by atoms with E-state index in [0.29, 0.717) is 33.8 Å². The van der Waals surface area contributed by atoms with Gasteiger partial charge < -0.3 is 19.7 Å². The number of carbonyl (C=O) groups is 1. The monoisotopic (exact) mass is 455 g/mol. The van der Waals surface area contributed by atoms with E-state index in [1.54, 1.807) is 36.5 Å². The van der Waals surface area contributed by atoms with Gasteiger partial charge in [0.2, 0.25) is 5.91 Å². The molecule has 3 aromatic heterocycles. The van der Waals surface area contributed by atoms with Crippen molar-refractivity contribution in [3.63, 3.8) is 0 Å². The minimum absolute atomic E-state index is 0.192. The fourth-order valence-electron chi connectivity index (χ4n) is 3.73. The summed E-state index contributed by atoms with van der Waals surface area (Å²) in [5.41, 5.74) is 3.03. The number of nitrogens with zero attached hydrogens (tertiary/aromatic N) is 2. The smallest absolute Gasteiger partial charge is 0.323 e. The van der Waals surface area contributed by atoms with E-state index in [-0.39, 0.29) is 11.6 Å². The zero-order chi connectivity index (χ0) is 21.5. The van der Waals surface area contributed by atoms with E-state index in [1.807, 2.05) is 0 Å². The molecule has 10 heteroatoms. The summed E-state index contributed by atoms with van der Waals surface area (Å²) in [6.07, 6.45) is 3.43. The SMILES string of the molecule is C[C@@H]1CCc2sc(-c3nnc(S[C@@H](C)C(=O)Nc4ccc5[nH]c(=O)[nH]c5c4)o3)cc2C1. The van der Waals surface area contributed by atoms with Crippen LogP contribution in [0.25, 0.3) is 21.8 Å². The number of aromatic nitrogens is 4. The zero-order valence-corrected chi connectivity index (χ0v) is 18.7. The molecule has 1 aromatic carbocycles. The first-order chi connectivity index (χ1) is 14.9. The van der Waals surface area contributed by atoms with E-state index in [0.717, 1.165) is 17.7 Å². The summed E-state index contributed by atoms with van der Waals surface area (Å²) in [4.78, 5) is 31.7. The Kier molecular flexibility index (Phi) is 5.19. The third-order valence-corrected chi connectivity index (χ3v) is 7.54. The van der Waals surface area contributed by atoms with Crippen LogP contribution in [0.3, 0.4) is 0 Å². The van der Waals surface area contributed by atoms with Crippen molar-refractivity contribution in [2.24, 2.45) is 5.92 Å². The minimum Gasteiger partial charge on any atom is -0.410 e. The highest BCUT2D eigenvalue weighted by Crippen LogP contribution is 2.37. The van der Waals surface area contributed by atoms with Gasteiger partial charge in [-0.25, -0.2) is 4.79 Å². The van der Waals surface area contributed by atoms with Crippen LogP contribution in [0.15, 0.2) is 38.7 Å². The molecule has 0 fully saturated rings. The number of amides is 1. The molecule has 0 bridgehead atoms. The third-order valence-electron chi connectivity index (χ3n) is 5.38. The van der Waals surface area contributed by atoms with Crippen LogP contribution in [-0.4, -0.2) is 31.3 Å². The number of hydrogen-bond donors (Lipinski definition) is 3. The summed E-state index contributed by atoms with van der Waals surface area (Å²) in [6.45, 7) is 4.07. The Bertz CT molecular complexity index is 1320. The number of thioether (sulfide) groups is 1. The van der Waals surface area contributed by atoms with Crippen molar-refractivity contribution in [1.29, 1.82) is 0 Å². The van der Waals surface area contributed by atoms with Crippen LogP contribution < -0.4 is 11.0 Å². The topological polar surface area (TPSA) is 117 Å². The van der Waals surface area contributed by atoms with Gasteiger partial charge >= 0.3 is 5.69 Å². The normalized spacial score (nSPS) is 16.9. The highest BCUT2D eigenvalue weighted by molar-refractivity contribution is 8.00. The first kappa shape index (κ1) is 20.1. The number of aryl methyl sites for hydroxylation is 1. The van der Waals surface area contributed by atoms with Gasteiger partial charge in [-0.1, -0.05) is 18.7 Å². The van der Waals surface area contributed by atoms with Gasteiger partial charge in [0.25, 0.3) is 11.1 Å². The standard InChI is InChI=1S/C21H21N5O3S2/c1-10-3-6-16-12(7-10)8-17(31-16)19-25-26-21(29-19)30-11(2)18(27)22-13-4-5-14-15(9-13)24-20(28)23-14/h4-5,8-11H,3,6-7H2,1-2H3,(H,22,27)(H2,23,24,28)/t10-,11+/m1/s1. The molecule has 3 N–H and O–H groups in total. The number of aromatic amines is 2. The highest BCUT2D eigenvalue weighted by Gasteiger charge is 2.23. The van der Waals surface area contributed by atoms with Crippen LogP contribution in [0.5, 0.6) is 0 Å². The van der Waals surface area contributed by atoms with Gasteiger partial charge in [-0.3, -0.25) is 4.79 Å². The van der Waals surface area contributed by atoms with E-state index in [2.05, 4.69) is 38.5 Å². The van der Waals surface area contributed by atoms with Gasteiger partial charge in [0.05, 0.1) is 21.2 Å². The summed E-state index contributed by atoms with van der Waals surface area (Å²) in [7, 11) is 0. The Balaban J connectivity index is 1.25. The Morgan fingerprint density at radius 3 is 3.00 bits per heavy atom. The van der Waals surface area contributed by atoms with Gasteiger partial charge in [0.15, 0.2) is 0 Å². The molecular formula is C21H21N5O3S2. The van der Waals surface area contributed by atoms with Crippen molar-refractivity contribution in [2.75, 3.05) is 5.32 Å². The molecule has 0 radical (unpaired) electrons. The molecule has 0 spiro atoms. The van der Waals surface area contributed by atoms with Crippen LogP contribution in [0.4, 0.5) is 5.69 Å². The number of rotatable bonds is 5. The summed E-state index contributed by atoms with van der Waals surface area (Å²) in [5, 5.41) is 11.1. The first-order valence-corrected chi connectivity index (χ1v) is 11.8. The van der Waals surface area contributed by atoms with Crippen molar-refractivity contribution >= 4 is 45.7 Å². The van der Waals surface area contributed by atoms with Crippen molar-refractivity contribution < 1.29 is 9.21 Å². The molecule has 4 aromatic rings. The van der Waals surface area contributed by atoms with E-state index < -0.39 is 5.25 Å². The van der Waals surface area contributed by atoms with Crippen LogP contribution >= 0.6 is 23.1 Å². The molecule has 0 unspecified atom stereocenters. The quantitative estimate of drug-likeness (QED) is 0.388.